The van der Waals surface area contributed by atoms with Crippen LogP contribution >= 0.6 is 0 Å². The van der Waals surface area contributed by atoms with E-state index in [4.69, 9.17) is 4.98 Å². The fourth-order valence-electron chi connectivity index (χ4n) is 5.62. The van der Waals surface area contributed by atoms with E-state index >= 15 is 4.39 Å². The zero-order chi connectivity index (χ0) is 29.5. The molecule has 0 spiro atoms. The first kappa shape index (κ1) is 29.4. The Hall–Kier alpha value is -3.05. The van der Waals surface area contributed by atoms with Crippen molar-refractivity contribution in [3.8, 4) is 11.1 Å². The first-order chi connectivity index (χ1) is 19.3. The normalized spacial score (nSPS) is 20.5. The maximum absolute atomic E-state index is 15.1. The highest BCUT2D eigenvalue weighted by molar-refractivity contribution is 7.92. The van der Waals surface area contributed by atoms with Crippen LogP contribution in [-0.2, 0) is 10.0 Å². The van der Waals surface area contributed by atoms with Crippen LogP contribution in [0.15, 0.2) is 35.3 Å². The molecule has 0 amide bonds. The fraction of sp³-hybridized carbons (Fsp3) is 0.567. The van der Waals surface area contributed by atoms with Crippen LogP contribution in [0.25, 0.3) is 22.2 Å². The topological polar surface area (TPSA) is 109 Å². The van der Waals surface area contributed by atoms with Gasteiger partial charge in [-0.05, 0) is 102 Å². The Labute approximate surface area is 241 Å². The minimum absolute atomic E-state index is 0.0529. The fourth-order valence-corrected chi connectivity index (χ4v) is 6.99. The van der Waals surface area contributed by atoms with Crippen molar-refractivity contribution in [3.05, 3.63) is 46.6 Å². The van der Waals surface area contributed by atoms with Crippen molar-refractivity contribution < 1.29 is 12.8 Å². The summed E-state index contributed by atoms with van der Waals surface area (Å²) in [6.45, 7) is 5.87. The van der Waals surface area contributed by atoms with Gasteiger partial charge < -0.3 is 10.2 Å². The second-order valence-electron chi connectivity index (χ2n) is 12.6. The molecule has 0 unspecified atom stereocenters. The smallest absolute Gasteiger partial charge is 0.260 e. The first-order valence-corrected chi connectivity index (χ1v) is 16.1. The third-order valence-electron chi connectivity index (χ3n) is 8.67. The highest BCUT2D eigenvalue weighted by Crippen LogP contribution is 2.48. The van der Waals surface area contributed by atoms with Crippen molar-refractivity contribution in [1.82, 2.24) is 19.4 Å². The molecule has 3 aromatic rings. The van der Waals surface area contributed by atoms with E-state index in [2.05, 4.69) is 40.9 Å². The molecule has 2 fully saturated rings. The number of benzene rings is 1. The number of pyridine rings is 1. The second-order valence-corrected chi connectivity index (χ2v) is 14.4. The summed E-state index contributed by atoms with van der Waals surface area (Å²) in [7, 11) is 0.548. The maximum Gasteiger partial charge on any atom is 0.260 e. The zero-order valence-electron chi connectivity index (χ0n) is 24.6. The van der Waals surface area contributed by atoms with Crippen LogP contribution in [0.1, 0.15) is 71.8 Å². The molecule has 0 bridgehead atoms. The second kappa shape index (κ2) is 11.3. The van der Waals surface area contributed by atoms with E-state index in [1.165, 1.54) is 12.1 Å². The summed E-state index contributed by atoms with van der Waals surface area (Å²) in [5.74, 6) is -0.298. The Kier molecular flexibility index (Phi) is 8.13. The number of anilines is 2. The maximum atomic E-state index is 15.1. The molecular formula is C30H41FN6O3S. The molecule has 0 saturated heterocycles. The lowest BCUT2D eigenvalue weighted by atomic mass is 9.91. The Balaban J connectivity index is 1.39. The van der Waals surface area contributed by atoms with E-state index in [-0.39, 0.29) is 34.5 Å². The molecule has 0 radical (unpaired) electrons. The third kappa shape index (κ3) is 6.72. The summed E-state index contributed by atoms with van der Waals surface area (Å²) in [5.41, 5.74) is 0.828. The van der Waals surface area contributed by atoms with Gasteiger partial charge in [0.2, 0.25) is 16.0 Å². The van der Waals surface area contributed by atoms with Crippen molar-refractivity contribution in [2.24, 2.45) is 5.41 Å². The van der Waals surface area contributed by atoms with Gasteiger partial charge >= 0.3 is 0 Å². The number of aromatic nitrogens is 3. The summed E-state index contributed by atoms with van der Waals surface area (Å²) in [6, 6.07) is 6.48. The molecule has 2 aliphatic rings. The highest BCUT2D eigenvalue weighted by atomic mass is 32.2. The van der Waals surface area contributed by atoms with Crippen LogP contribution in [-0.4, -0.2) is 59.8 Å². The van der Waals surface area contributed by atoms with E-state index < -0.39 is 15.8 Å². The number of rotatable bonds is 10. The standard InChI is InChI=1S/C30H41FN6O3S/c1-19(2)37-27-21(18-32-29(34-27)33-22-7-9-23(10-8-22)36(4)5)16-24(28(37)38)20-6-11-26(25(31)17-20)35-41(39,40)15-14-30(3)12-13-30/h6,11,16-19,22-23,35H,7-10,12-15H2,1-5H3,(H,32,33,34). The van der Waals surface area contributed by atoms with Gasteiger partial charge in [0.25, 0.3) is 5.56 Å². The number of hydrogen-bond donors (Lipinski definition) is 2. The van der Waals surface area contributed by atoms with Gasteiger partial charge in [-0.1, -0.05) is 13.0 Å². The molecule has 0 aliphatic heterocycles. The average Bonchev–Trinajstić information content (AvgIpc) is 3.66. The number of hydrogen-bond acceptors (Lipinski definition) is 7. The zero-order valence-corrected chi connectivity index (χ0v) is 25.4. The molecule has 11 heteroatoms. The number of halogens is 1. The summed E-state index contributed by atoms with van der Waals surface area (Å²) in [4.78, 5) is 25.2. The molecule has 9 nitrogen and oxygen atoms in total. The Morgan fingerprint density at radius 1 is 1.15 bits per heavy atom. The van der Waals surface area contributed by atoms with E-state index in [0.717, 1.165) is 38.5 Å². The van der Waals surface area contributed by atoms with E-state index in [1.807, 2.05) is 13.8 Å². The molecule has 0 atom stereocenters. The molecule has 2 aliphatic carbocycles. The quantitative estimate of drug-likeness (QED) is 0.329. The van der Waals surface area contributed by atoms with Crippen LogP contribution in [0.5, 0.6) is 0 Å². The lowest BCUT2D eigenvalue weighted by Crippen LogP contribution is -2.36. The monoisotopic (exact) mass is 584 g/mol. The van der Waals surface area contributed by atoms with Crippen molar-refractivity contribution in [2.75, 3.05) is 29.9 Å². The SMILES string of the molecule is CC(C)n1c(=O)c(-c2ccc(NS(=O)(=O)CCC3(C)CC3)c(F)c2)cc2cnc(NC3CCC(N(C)C)CC3)nc21. The predicted octanol–water partition coefficient (Wildman–Crippen LogP) is 5.40. The minimum Gasteiger partial charge on any atom is -0.351 e. The lowest BCUT2D eigenvalue weighted by molar-refractivity contribution is 0.221. The summed E-state index contributed by atoms with van der Waals surface area (Å²) in [6.07, 6.45) is 8.54. The molecule has 2 heterocycles. The third-order valence-corrected chi connectivity index (χ3v) is 9.95. The van der Waals surface area contributed by atoms with Gasteiger partial charge in [-0.3, -0.25) is 14.1 Å². The van der Waals surface area contributed by atoms with Crippen LogP contribution < -0.4 is 15.6 Å². The average molecular weight is 585 g/mol. The number of fused-ring (bicyclic) bond motifs is 1. The number of nitrogens with zero attached hydrogens (tertiary/aromatic N) is 4. The predicted molar refractivity (Wildman–Crippen MR) is 162 cm³/mol. The lowest BCUT2D eigenvalue weighted by Gasteiger charge is -2.33. The molecular weight excluding hydrogens is 543 g/mol. The minimum atomic E-state index is -3.68. The molecule has 5 rings (SSSR count). The Morgan fingerprint density at radius 2 is 1.85 bits per heavy atom. The number of sulfonamides is 1. The van der Waals surface area contributed by atoms with E-state index in [0.29, 0.717) is 40.6 Å². The highest BCUT2D eigenvalue weighted by Gasteiger charge is 2.38. The van der Waals surface area contributed by atoms with E-state index in [1.54, 1.807) is 22.9 Å². The molecule has 2 N–H and O–H groups in total. The van der Waals surface area contributed by atoms with Gasteiger partial charge in [-0.2, -0.15) is 4.98 Å². The van der Waals surface area contributed by atoms with Crippen LogP contribution in [0.2, 0.25) is 0 Å². The van der Waals surface area contributed by atoms with Gasteiger partial charge in [-0.25, -0.2) is 17.8 Å². The van der Waals surface area contributed by atoms with Gasteiger partial charge in [0.15, 0.2) is 0 Å². The van der Waals surface area contributed by atoms with Crippen molar-refractivity contribution in [2.45, 2.75) is 83.8 Å². The Morgan fingerprint density at radius 3 is 2.46 bits per heavy atom. The van der Waals surface area contributed by atoms with Gasteiger partial charge in [0, 0.05) is 35.3 Å². The van der Waals surface area contributed by atoms with E-state index in [9.17, 15) is 13.2 Å². The molecule has 2 saturated carbocycles. The van der Waals surface area contributed by atoms with Gasteiger partial charge in [-0.15, -0.1) is 0 Å². The summed E-state index contributed by atoms with van der Waals surface area (Å²) < 4.78 is 44.2. The van der Waals surface area contributed by atoms with Crippen LogP contribution in [0, 0.1) is 11.2 Å². The molecule has 2 aromatic heterocycles. The molecule has 222 valence electrons. The van der Waals surface area contributed by atoms with Crippen LogP contribution in [0.3, 0.4) is 0 Å². The van der Waals surface area contributed by atoms with Crippen molar-refractivity contribution in [1.29, 1.82) is 0 Å². The largest absolute Gasteiger partial charge is 0.351 e. The van der Waals surface area contributed by atoms with Crippen molar-refractivity contribution >= 4 is 32.7 Å². The van der Waals surface area contributed by atoms with Crippen LogP contribution in [0.4, 0.5) is 16.0 Å². The first-order valence-electron chi connectivity index (χ1n) is 14.5. The molecule has 41 heavy (non-hydrogen) atoms. The van der Waals surface area contributed by atoms with Gasteiger partial charge in [0.1, 0.15) is 11.5 Å². The van der Waals surface area contributed by atoms with Gasteiger partial charge in [0.05, 0.1) is 11.4 Å². The summed E-state index contributed by atoms with van der Waals surface area (Å²) in [5, 5.41) is 4.12. The number of nitrogens with one attached hydrogen (secondary N) is 2. The summed E-state index contributed by atoms with van der Waals surface area (Å²) >= 11 is 0. The van der Waals surface area contributed by atoms with Crippen molar-refractivity contribution in [3.63, 3.8) is 0 Å². The molecule has 1 aromatic carbocycles. The Bertz CT molecular complexity index is 1590.